The van der Waals surface area contributed by atoms with E-state index in [4.69, 9.17) is 0 Å². The molecular weight excluding hydrogens is 280 g/mol. The highest BCUT2D eigenvalue weighted by molar-refractivity contribution is 5.93. The Balaban J connectivity index is 1.90. The topological polar surface area (TPSA) is 16.8 Å². The number of aryl methyl sites for hydroxylation is 2. The molecule has 0 aliphatic heterocycles. The molecule has 2 aromatic heterocycles. The zero-order chi connectivity index (χ0) is 15.8. The van der Waals surface area contributed by atoms with Gasteiger partial charge in [-0.1, -0.05) is 25.0 Å². The van der Waals surface area contributed by atoms with Gasteiger partial charge in [0.2, 0.25) is 5.69 Å². The monoisotopic (exact) mass is 303 g/mol. The van der Waals surface area contributed by atoms with Crippen molar-refractivity contribution >= 4 is 10.8 Å². The minimum Gasteiger partial charge on any atom is -0.264 e. The lowest BCUT2D eigenvalue weighted by Gasteiger charge is -2.12. The summed E-state index contributed by atoms with van der Waals surface area (Å²) in [6, 6.07) is 11.4. The largest absolute Gasteiger partial charge is 0.264 e. The van der Waals surface area contributed by atoms with Crippen LogP contribution in [0, 0.1) is 6.92 Å². The Bertz CT molecular complexity index is 861. The molecule has 0 spiro atoms. The van der Waals surface area contributed by atoms with Gasteiger partial charge < -0.3 is 0 Å². The first-order valence-corrected chi connectivity index (χ1v) is 8.57. The molecule has 0 N–H and O–H groups in total. The van der Waals surface area contributed by atoms with Crippen molar-refractivity contribution in [3.63, 3.8) is 0 Å². The molecule has 4 rings (SSSR count). The van der Waals surface area contributed by atoms with Gasteiger partial charge in [0.15, 0.2) is 6.20 Å². The average molecular weight is 303 g/mol. The summed E-state index contributed by atoms with van der Waals surface area (Å²) in [5.41, 5.74) is 5.28. The lowest BCUT2D eigenvalue weighted by molar-refractivity contribution is -0.659. The second-order valence-electron chi connectivity index (χ2n) is 6.79. The van der Waals surface area contributed by atoms with E-state index in [9.17, 15) is 0 Å². The molecular formula is C21H23N2+. The number of pyridine rings is 2. The molecule has 3 aromatic rings. The SMILES string of the molecule is Cc1cnccc1-c1c2ccc(C3CCCC3)cc2cc[n+]1C. The first-order valence-electron chi connectivity index (χ1n) is 8.57. The van der Waals surface area contributed by atoms with Crippen molar-refractivity contribution in [3.05, 3.63) is 60.0 Å². The molecule has 1 aliphatic rings. The van der Waals surface area contributed by atoms with Crippen LogP contribution in [0.2, 0.25) is 0 Å². The predicted octanol–water partition coefficient (Wildman–Crippen LogP) is 4.69. The fourth-order valence-corrected chi connectivity index (χ4v) is 3.98. The van der Waals surface area contributed by atoms with Crippen LogP contribution in [0.1, 0.15) is 42.7 Å². The second kappa shape index (κ2) is 5.77. The molecule has 1 aromatic carbocycles. The van der Waals surface area contributed by atoms with Crippen LogP contribution in [0.5, 0.6) is 0 Å². The van der Waals surface area contributed by atoms with E-state index >= 15 is 0 Å². The molecule has 2 heterocycles. The van der Waals surface area contributed by atoms with Crippen molar-refractivity contribution < 1.29 is 4.57 Å². The Morgan fingerprint density at radius 1 is 1.09 bits per heavy atom. The van der Waals surface area contributed by atoms with Crippen LogP contribution < -0.4 is 4.57 Å². The Kier molecular flexibility index (Phi) is 3.60. The van der Waals surface area contributed by atoms with E-state index in [0.717, 1.165) is 5.92 Å². The highest BCUT2D eigenvalue weighted by Gasteiger charge is 2.20. The van der Waals surface area contributed by atoms with Gasteiger partial charge in [0.25, 0.3) is 0 Å². The average Bonchev–Trinajstić information content (AvgIpc) is 3.10. The third-order valence-electron chi connectivity index (χ3n) is 5.26. The van der Waals surface area contributed by atoms with Crippen LogP contribution >= 0.6 is 0 Å². The van der Waals surface area contributed by atoms with Crippen molar-refractivity contribution in [1.82, 2.24) is 4.98 Å². The van der Waals surface area contributed by atoms with Crippen molar-refractivity contribution in [2.75, 3.05) is 0 Å². The van der Waals surface area contributed by atoms with E-state index in [1.165, 1.54) is 58.8 Å². The van der Waals surface area contributed by atoms with E-state index in [-0.39, 0.29) is 0 Å². The van der Waals surface area contributed by atoms with Crippen LogP contribution in [-0.4, -0.2) is 4.98 Å². The van der Waals surface area contributed by atoms with Gasteiger partial charge in [-0.3, -0.25) is 4.98 Å². The number of hydrogen-bond donors (Lipinski definition) is 0. The van der Waals surface area contributed by atoms with Gasteiger partial charge in [-0.05, 0) is 54.3 Å². The first-order chi connectivity index (χ1) is 11.2. The normalized spacial score (nSPS) is 15.4. The molecule has 0 bridgehead atoms. The summed E-state index contributed by atoms with van der Waals surface area (Å²) in [4.78, 5) is 4.24. The Morgan fingerprint density at radius 2 is 1.91 bits per heavy atom. The molecule has 1 aliphatic carbocycles. The Labute approximate surface area is 137 Å². The van der Waals surface area contributed by atoms with E-state index in [2.05, 4.69) is 60.1 Å². The lowest BCUT2D eigenvalue weighted by Crippen LogP contribution is -2.30. The third kappa shape index (κ3) is 2.52. The molecule has 116 valence electrons. The molecule has 0 atom stereocenters. The van der Waals surface area contributed by atoms with Crippen molar-refractivity contribution in [2.45, 2.75) is 38.5 Å². The molecule has 0 saturated heterocycles. The standard InChI is InChI=1S/C21H23N2/c1-15-14-22-11-9-19(15)21-20-8-7-17(16-5-3-4-6-16)13-18(20)10-12-23(21)2/h7-14,16H,3-6H2,1-2H3/q+1. The van der Waals surface area contributed by atoms with E-state index < -0.39 is 0 Å². The fourth-order valence-electron chi connectivity index (χ4n) is 3.98. The maximum atomic E-state index is 4.24. The molecule has 2 nitrogen and oxygen atoms in total. The summed E-state index contributed by atoms with van der Waals surface area (Å²) in [6.45, 7) is 2.13. The van der Waals surface area contributed by atoms with Gasteiger partial charge in [0.05, 0.1) is 10.9 Å². The summed E-state index contributed by atoms with van der Waals surface area (Å²) >= 11 is 0. The highest BCUT2D eigenvalue weighted by Crippen LogP contribution is 2.36. The third-order valence-corrected chi connectivity index (χ3v) is 5.26. The van der Waals surface area contributed by atoms with Crippen molar-refractivity contribution in [3.8, 4) is 11.3 Å². The van der Waals surface area contributed by atoms with Gasteiger partial charge in [0.1, 0.15) is 7.05 Å². The maximum absolute atomic E-state index is 4.24. The Morgan fingerprint density at radius 3 is 2.70 bits per heavy atom. The van der Waals surface area contributed by atoms with E-state index in [0.29, 0.717) is 0 Å². The lowest BCUT2D eigenvalue weighted by atomic mass is 9.93. The Hall–Kier alpha value is -2.22. The minimum absolute atomic E-state index is 0.763. The number of hydrogen-bond acceptors (Lipinski definition) is 1. The second-order valence-corrected chi connectivity index (χ2v) is 6.79. The summed E-state index contributed by atoms with van der Waals surface area (Å²) in [5.74, 6) is 0.763. The van der Waals surface area contributed by atoms with Gasteiger partial charge >= 0.3 is 0 Å². The fraction of sp³-hybridized carbons (Fsp3) is 0.333. The quantitative estimate of drug-likeness (QED) is 0.627. The number of nitrogens with zero attached hydrogens (tertiary/aromatic N) is 2. The minimum atomic E-state index is 0.763. The van der Waals surface area contributed by atoms with Crippen LogP contribution in [0.4, 0.5) is 0 Å². The van der Waals surface area contributed by atoms with Crippen molar-refractivity contribution in [1.29, 1.82) is 0 Å². The number of benzene rings is 1. The van der Waals surface area contributed by atoms with Crippen molar-refractivity contribution in [2.24, 2.45) is 7.05 Å². The molecule has 0 amide bonds. The molecule has 0 unspecified atom stereocenters. The predicted molar refractivity (Wildman–Crippen MR) is 94.3 cm³/mol. The number of fused-ring (bicyclic) bond motifs is 1. The van der Waals surface area contributed by atoms with Crippen LogP contribution in [0.3, 0.4) is 0 Å². The van der Waals surface area contributed by atoms with Gasteiger partial charge in [-0.25, -0.2) is 4.57 Å². The maximum Gasteiger partial charge on any atom is 0.220 e. The number of aromatic nitrogens is 2. The molecule has 1 saturated carbocycles. The zero-order valence-electron chi connectivity index (χ0n) is 13.9. The van der Waals surface area contributed by atoms with Crippen LogP contribution in [0.25, 0.3) is 22.0 Å². The summed E-state index contributed by atoms with van der Waals surface area (Å²) in [6.07, 6.45) is 11.5. The molecule has 2 heteroatoms. The van der Waals surface area contributed by atoms with Crippen LogP contribution in [-0.2, 0) is 7.05 Å². The van der Waals surface area contributed by atoms with E-state index in [1.54, 1.807) is 0 Å². The molecule has 0 radical (unpaired) electrons. The summed E-state index contributed by atoms with van der Waals surface area (Å²) in [5, 5.41) is 2.67. The van der Waals surface area contributed by atoms with Gasteiger partial charge in [-0.15, -0.1) is 0 Å². The van der Waals surface area contributed by atoms with Gasteiger partial charge in [0, 0.05) is 18.5 Å². The summed E-state index contributed by atoms with van der Waals surface area (Å²) in [7, 11) is 2.12. The molecule has 23 heavy (non-hydrogen) atoms. The van der Waals surface area contributed by atoms with Crippen LogP contribution in [0.15, 0.2) is 48.9 Å². The number of rotatable bonds is 2. The van der Waals surface area contributed by atoms with Gasteiger partial charge in [-0.2, -0.15) is 0 Å². The highest BCUT2D eigenvalue weighted by atomic mass is 14.9. The first kappa shape index (κ1) is 14.4. The smallest absolute Gasteiger partial charge is 0.220 e. The molecule has 1 fully saturated rings. The summed E-state index contributed by atoms with van der Waals surface area (Å²) < 4.78 is 2.22. The van der Waals surface area contributed by atoms with E-state index in [1.807, 2.05) is 12.4 Å². The zero-order valence-corrected chi connectivity index (χ0v) is 13.9.